The molecule has 1 aliphatic heterocycles. The van der Waals surface area contributed by atoms with E-state index in [1.165, 1.54) is 19.2 Å². The summed E-state index contributed by atoms with van der Waals surface area (Å²) in [7, 11) is 0. The lowest BCUT2D eigenvalue weighted by Gasteiger charge is -2.11. The number of hydrogen-bond donors (Lipinski definition) is 1. The quantitative estimate of drug-likeness (QED) is 0.621. The summed E-state index contributed by atoms with van der Waals surface area (Å²) in [4.78, 5) is 13.9. The summed E-state index contributed by atoms with van der Waals surface area (Å²) in [5.41, 5.74) is 6.16. The van der Waals surface area contributed by atoms with Crippen LogP contribution in [0.2, 0.25) is 0 Å². The first kappa shape index (κ1) is 22.4. The maximum absolute atomic E-state index is 12.6. The number of halogens is 5. The van der Waals surface area contributed by atoms with Crippen LogP contribution in [0.1, 0.15) is 47.0 Å². The van der Waals surface area contributed by atoms with E-state index in [9.17, 15) is 26.7 Å². The molecule has 4 heterocycles. The summed E-state index contributed by atoms with van der Waals surface area (Å²) in [6.07, 6.45) is -0.135. The highest BCUT2D eigenvalue weighted by molar-refractivity contribution is 5.91. The number of carbonyl (C=O) groups excluding carboxylic acids is 1. The Labute approximate surface area is 173 Å². The maximum Gasteiger partial charge on any atom is 0.433 e. The van der Waals surface area contributed by atoms with Crippen molar-refractivity contribution in [1.29, 1.82) is 0 Å². The molecule has 7 nitrogen and oxygen atoms in total. The molecule has 3 aromatic heterocycles. The van der Waals surface area contributed by atoms with Gasteiger partial charge >= 0.3 is 12.7 Å². The Morgan fingerprint density at radius 3 is 2.48 bits per heavy atom. The second-order valence-corrected chi connectivity index (χ2v) is 6.89. The number of primary amides is 1. The third-order valence-electron chi connectivity index (χ3n) is 4.56. The molecule has 3 aromatic rings. The summed E-state index contributed by atoms with van der Waals surface area (Å²) < 4.78 is 64.2. The molecule has 0 aliphatic carbocycles. The van der Waals surface area contributed by atoms with Crippen molar-refractivity contribution >= 4 is 5.91 Å². The van der Waals surface area contributed by atoms with Gasteiger partial charge in [0.15, 0.2) is 0 Å². The second-order valence-electron chi connectivity index (χ2n) is 6.89. The maximum atomic E-state index is 12.6. The molecule has 1 amide bonds. The van der Waals surface area contributed by atoms with Crippen molar-refractivity contribution in [1.82, 2.24) is 24.5 Å². The van der Waals surface area contributed by atoms with Crippen molar-refractivity contribution in [3.63, 3.8) is 0 Å². The zero-order valence-corrected chi connectivity index (χ0v) is 16.4. The minimum Gasteiger partial charge on any atom is -0.364 e. The zero-order chi connectivity index (χ0) is 22.8. The smallest absolute Gasteiger partial charge is 0.364 e. The number of alkyl halides is 5. The predicted molar refractivity (Wildman–Crippen MR) is 100 cm³/mol. The fourth-order valence-electron chi connectivity index (χ4n) is 3.15. The standard InChI is InChI=1S/C13H12F3N3.C6H7F2N3O/c14-13(15,16)12-7-9(4-5-17-12)11-8-10-3-1-2-6-19(10)18-11;1-3-2-4(5(9)12)11(10-3)6(7)8/h4-5,7-8H,1-3,6H2;2,6H,1H3,(H2,9,12). The molecule has 166 valence electrons. The van der Waals surface area contributed by atoms with Gasteiger partial charge in [-0.15, -0.1) is 0 Å². The molecule has 0 atom stereocenters. The molecule has 0 fully saturated rings. The van der Waals surface area contributed by atoms with Crippen LogP contribution in [0.15, 0.2) is 30.5 Å². The normalized spacial score (nSPS) is 13.5. The molecule has 0 aromatic carbocycles. The van der Waals surface area contributed by atoms with E-state index < -0.39 is 24.3 Å². The molecule has 0 bridgehead atoms. The number of carbonyl (C=O) groups is 1. The van der Waals surface area contributed by atoms with Gasteiger partial charge in [0.25, 0.3) is 5.91 Å². The molecule has 12 heteroatoms. The Bertz CT molecular complexity index is 1050. The van der Waals surface area contributed by atoms with Crippen LogP contribution in [0.5, 0.6) is 0 Å². The first-order valence-corrected chi connectivity index (χ1v) is 9.30. The average Bonchev–Trinajstić information content (AvgIpc) is 3.32. The lowest BCUT2D eigenvalue weighted by atomic mass is 10.1. The monoisotopic (exact) mass is 442 g/mol. The van der Waals surface area contributed by atoms with E-state index >= 15 is 0 Å². The van der Waals surface area contributed by atoms with E-state index in [0.717, 1.165) is 37.6 Å². The van der Waals surface area contributed by atoms with Gasteiger partial charge in [0.05, 0.1) is 11.4 Å². The SMILES string of the molecule is Cc1cc(C(N)=O)n(C(F)F)n1.FC(F)(F)c1cc(-c2cc3n(n2)CCCC3)ccn1. The van der Waals surface area contributed by atoms with Crippen LogP contribution in [0.3, 0.4) is 0 Å². The first-order valence-electron chi connectivity index (χ1n) is 9.30. The van der Waals surface area contributed by atoms with E-state index in [2.05, 4.69) is 15.2 Å². The Hall–Kier alpha value is -3.31. The molecule has 1 aliphatic rings. The van der Waals surface area contributed by atoms with Crippen LogP contribution >= 0.6 is 0 Å². The third kappa shape index (κ3) is 5.25. The van der Waals surface area contributed by atoms with E-state index in [1.54, 1.807) is 6.07 Å². The van der Waals surface area contributed by atoms with Crippen LogP contribution in [-0.2, 0) is 19.1 Å². The van der Waals surface area contributed by atoms with Crippen LogP contribution < -0.4 is 5.73 Å². The van der Waals surface area contributed by atoms with Crippen molar-refractivity contribution in [2.75, 3.05) is 0 Å². The first-order chi connectivity index (χ1) is 14.6. The molecule has 0 radical (unpaired) electrons. The lowest BCUT2D eigenvalue weighted by molar-refractivity contribution is -0.141. The Morgan fingerprint density at radius 2 is 1.90 bits per heavy atom. The van der Waals surface area contributed by atoms with Crippen molar-refractivity contribution in [3.8, 4) is 11.3 Å². The van der Waals surface area contributed by atoms with Crippen molar-refractivity contribution in [3.05, 3.63) is 53.2 Å². The van der Waals surface area contributed by atoms with Gasteiger partial charge in [0.1, 0.15) is 11.4 Å². The zero-order valence-electron chi connectivity index (χ0n) is 16.4. The number of aromatic nitrogens is 5. The minimum absolute atomic E-state index is 0.275. The van der Waals surface area contributed by atoms with Gasteiger partial charge in [-0.3, -0.25) is 14.5 Å². The van der Waals surface area contributed by atoms with Crippen LogP contribution in [-0.4, -0.2) is 30.5 Å². The number of hydrogen-bond acceptors (Lipinski definition) is 4. The van der Waals surface area contributed by atoms with Gasteiger partial charge in [-0.25, -0.2) is 0 Å². The fourth-order valence-corrected chi connectivity index (χ4v) is 3.15. The Morgan fingerprint density at radius 1 is 1.16 bits per heavy atom. The summed E-state index contributed by atoms with van der Waals surface area (Å²) in [6, 6.07) is 5.70. The topological polar surface area (TPSA) is 91.6 Å². The molecular formula is C19H19F5N6O. The summed E-state index contributed by atoms with van der Waals surface area (Å²) >= 11 is 0. The van der Waals surface area contributed by atoms with Crippen molar-refractivity contribution < 1.29 is 26.7 Å². The number of nitrogens with two attached hydrogens (primary N) is 1. The molecule has 2 N–H and O–H groups in total. The fraction of sp³-hybridized carbons (Fsp3) is 0.368. The molecule has 0 spiro atoms. The predicted octanol–water partition coefficient (Wildman–Crippen LogP) is 3.99. The highest BCUT2D eigenvalue weighted by atomic mass is 19.4. The molecule has 0 saturated heterocycles. The Kier molecular flexibility index (Phi) is 6.37. The number of nitrogens with zero attached hydrogens (tertiary/aromatic N) is 5. The van der Waals surface area contributed by atoms with E-state index in [-0.39, 0.29) is 5.69 Å². The molecule has 4 rings (SSSR count). The van der Waals surface area contributed by atoms with Crippen LogP contribution in [0.4, 0.5) is 22.0 Å². The largest absolute Gasteiger partial charge is 0.433 e. The van der Waals surface area contributed by atoms with Crippen LogP contribution in [0.25, 0.3) is 11.3 Å². The van der Waals surface area contributed by atoms with Crippen LogP contribution in [0, 0.1) is 6.92 Å². The molecule has 31 heavy (non-hydrogen) atoms. The second kappa shape index (κ2) is 8.82. The van der Waals surface area contributed by atoms with E-state index in [4.69, 9.17) is 5.73 Å². The number of rotatable bonds is 3. The van der Waals surface area contributed by atoms with E-state index in [1.807, 2.05) is 10.7 Å². The average molecular weight is 442 g/mol. The van der Waals surface area contributed by atoms with Gasteiger partial charge < -0.3 is 5.73 Å². The number of amides is 1. The van der Waals surface area contributed by atoms with Gasteiger partial charge in [0.2, 0.25) is 0 Å². The molecule has 0 unspecified atom stereocenters. The van der Waals surface area contributed by atoms with Gasteiger partial charge in [-0.1, -0.05) is 0 Å². The summed E-state index contributed by atoms with van der Waals surface area (Å²) in [5.74, 6) is -0.907. The summed E-state index contributed by atoms with van der Waals surface area (Å²) in [6.45, 7) is -0.487. The number of pyridine rings is 1. The highest BCUT2D eigenvalue weighted by Crippen LogP contribution is 2.30. The lowest BCUT2D eigenvalue weighted by Crippen LogP contribution is -2.18. The van der Waals surface area contributed by atoms with Crippen molar-refractivity contribution in [2.45, 2.75) is 45.5 Å². The summed E-state index contributed by atoms with van der Waals surface area (Å²) in [5, 5.41) is 7.76. The Balaban J connectivity index is 0.000000196. The van der Waals surface area contributed by atoms with Gasteiger partial charge in [-0.2, -0.15) is 36.8 Å². The highest BCUT2D eigenvalue weighted by Gasteiger charge is 2.32. The molecular weight excluding hydrogens is 423 g/mol. The van der Waals surface area contributed by atoms with Crippen molar-refractivity contribution in [2.24, 2.45) is 5.73 Å². The molecule has 0 saturated carbocycles. The number of fused-ring (bicyclic) bond motifs is 1. The number of aryl methyl sites for hydroxylation is 3. The third-order valence-corrected chi connectivity index (χ3v) is 4.56. The van der Waals surface area contributed by atoms with Gasteiger partial charge in [-0.05, 0) is 50.5 Å². The van der Waals surface area contributed by atoms with E-state index in [0.29, 0.717) is 21.6 Å². The minimum atomic E-state index is -4.42. The van der Waals surface area contributed by atoms with Gasteiger partial charge in [0, 0.05) is 24.0 Å².